The molecule has 0 amide bonds. The van der Waals surface area contributed by atoms with E-state index >= 15 is 0 Å². The molecule has 0 radical (unpaired) electrons. The van der Waals surface area contributed by atoms with Crippen molar-refractivity contribution in [1.29, 1.82) is 0 Å². The highest BCUT2D eigenvalue weighted by Gasteiger charge is 2.09. The molecule has 0 aliphatic carbocycles. The van der Waals surface area contributed by atoms with Crippen molar-refractivity contribution < 1.29 is 17.9 Å². The van der Waals surface area contributed by atoms with E-state index < -0.39 is 18.2 Å². The second-order valence-electron chi connectivity index (χ2n) is 2.58. The van der Waals surface area contributed by atoms with Crippen molar-refractivity contribution in [2.45, 2.75) is 13.0 Å². The van der Waals surface area contributed by atoms with Gasteiger partial charge in [-0.2, -0.15) is 8.78 Å². The molecule has 1 aromatic carbocycles. The van der Waals surface area contributed by atoms with E-state index in [1.807, 2.05) is 0 Å². The summed E-state index contributed by atoms with van der Waals surface area (Å²) in [5, 5.41) is 0.696. The van der Waals surface area contributed by atoms with Gasteiger partial charge in [0.1, 0.15) is 0 Å². The van der Waals surface area contributed by atoms with Gasteiger partial charge in [-0.25, -0.2) is 4.39 Å². The van der Waals surface area contributed by atoms with Gasteiger partial charge in [0.05, 0.1) is 0 Å². The molecule has 1 aromatic rings. The first-order valence-electron chi connectivity index (χ1n) is 3.92. The molecule has 0 aromatic heterocycles. The summed E-state index contributed by atoms with van der Waals surface area (Å²) in [6, 6.07) is 3.96. The first kappa shape index (κ1) is 11.4. The van der Waals surface area contributed by atoms with Crippen LogP contribution in [0.5, 0.6) is 5.75 Å². The van der Waals surface area contributed by atoms with Crippen LogP contribution in [0.15, 0.2) is 18.2 Å². The topological polar surface area (TPSA) is 9.23 Å². The van der Waals surface area contributed by atoms with E-state index in [9.17, 15) is 13.2 Å². The molecule has 0 saturated heterocycles. The predicted molar refractivity (Wildman–Crippen MR) is 50.5 cm³/mol. The van der Waals surface area contributed by atoms with Gasteiger partial charge in [0, 0.05) is 5.33 Å². The summed E-state index contributed by atoms with van der Waals surface area (Å²) in [6.45, 7) is -2.99. The molecular formula is C9H8BrF3O. The van der Waals surface area contributed by atoms with Crippen molar-refractivity contribution in [1.82, 2.24) is 0 Å². The Hall–Kier alpha value is -0.710. The Bertz CT molecular complexity index is 304. The molecule has 14 heavy (non-hydrogen) atoms. The minimum atomic E-state index is -2.99. The first-order valence-corrected chi connectivity index (χ1v) is 5.05. The SMILES string of the molecule is Fc1cc(CCBr)ccc1OC(F)F. The molecule has 0 heterocycles. The maximum absolute atomic E-state index is 13.1. The van der Waals surface area contributed by atoms with Gasteiger partial charge in [0.25, 0.3) is 0 Å². The average molecular weight is 269 g/mol. The van der Waals surface area contributed by atoms with E-state index in [2.05, 4.69) is 20.7 Å². The zero-order chi connectivity index (χ0) is 10.6. The second-order valence-corrected chi connectivity index (χ2v) is 3.38. The van der Waals surface area contributed by atoms with Crippen molar-refractivity contribution in [3.05, 3.63) is 29.6 Å². The molecule has 78 valence electrons. The Balaban J connectivity index is 2.79. The summed E-state index contributed by atoms with van der Waals surface area (Å²) in [5.74, 6) is -1.18. The van der Waals surface area contributed by atoms with Crippen LogP contribution in [-0.2, 0) is 6.42 Å². The number of benzene rings is 1. The third-order valence-electron chi connectivity index (χ3n) is 1.60. The molecule has 0 aliphatic heterocycles. The molecule has 0 aliphatic rings. The van der Waals surface area contributed by atoms with Gasteiger partial charge in [0.15, 0.2) is 11.6 Å². The van der Waals surface area contributed by atoms with Gasteiger partial charge in [-0.15, -0.1) is 0 Å². The predicted octanol–water partition coefficient (Wildman–Crippen LogP) is 3.36. The lowest BCUT2D eigenvalue weighted by atomic mass is 10.1. The fourth-order valence-electron chi connectivity index (χ4n) is 1.00. The molecule has 0 unspecified atom stereocenters. The molecule has 0 saturated carbocycles. The van der Waals surface area contributed by atoms with Crippen molar-refractivity contribution in [2.24, 2.45) is 0 Å². The Labute approximate surface area is 88.0 Å². The van der Waals surface area contributed by atoms with Gasteiger partial charge < -0.3 is 4.74 Å². The minimum Gasteiger partial charge on any atom is -0.432 e. The van der Waals surface area contributed by atoms with E-state index in [1.54, 1.807) is 6.07 Å². The van der Waals surface area contributed by atoms with Gasteiger partial charge in [-0.3, -0.25) is 0 Å². The number of hydrogen-bond donors (Lipinski definition) is 0. The standard InChI is InChI=1S/C9H8BrF3O/c10-4-3-6-1-2-8(7(11)5-6)14-9(12)13/h1-2,5,9H,3-4H2. The van der Waals surface area contributed by atoms with Crippen molar-refractivity contribution >= 4 is 15.9 Å². The van der Waals surface area contributed by atoms with Gasteiger partial charge >= 0.3 is 6.61 Å². The van der Waals surface area contributed by atoms with Crippen LogP contribution in [0, 0.1) is 5.82 Å². The maximum atomic E-state index is 13.1. The molecule has 0 atom stereocenters. The third-order valence-corrected chi connectivity index (χ3v) is 1.99. The number of alkyl halides is 3. The van der Waals surface area contributed by atoms with Gasteiger partial charge in [0.2, 0.25) is 0 Å². The number of hydrogen-bond acceptors (Lipinski definition) is 1. The highest BCUT2D eigenvalue weighted by Crippen LogP contribution is 2.20. The molecule has 1 rings (SSSR count). The third kappa shape index (κ3) is 3.21. The maximum Gasteiger partial charge on any atom is 0.387 e. The van der Waals surface area contributed by atoms with Gasteiger partial charge in [-0.05, 0) is 24.1 Å². The Morgan fingerprint density at radius 1 is 1.36 bits per heavy atom. The van der Waals surface area contributed by atoms with Crippen molar-refractivity contribution in [3.8, 4) is 5.75 Å². The highest BCUT2D eigenvalue weighted by atomic mass is 79.9. The molecular weight excluding hydrogens is 261 g/mol. The first-order chi connectivity index (χ1) is 6.63. The normalized spacial score (nSPS) is 10.6. The quantitative estimate of drug-likeness (QED) is 0.761. The summed E-state index contributed by atoms with van der Waals surface area (Å²) in [5.41, 5.74) is 0.737. The Morgan fingerprint density at radius 3 is 2.57 bits per heavy atom. The van der Waals surface area contributed by atoms with E-state index in [-0.39, 0.29) is 0 Å². The minimum absolute atomic E-state index is 0.418. The monoisotopic (exact) mass is 268 g/mol. The summed E-state index contributed by atoms with van der Waals surface area (Å²) < 4.78 is 40.5. The van der Waals surface area contributed by atoms with Crippen molar-refractivity contribution in [2.75, 3.05) is 5.33 Å². The second kappa shape index (κ2) is 5.24. The van der Waals surface area contributed by atoms with Crippen LogP contribution in [0.3, 0.4) is 0 Å². The summed E-state index contributed by atoms with van der Waals surface area (Å²) in [4.78, 5) is 0. The van der Waals surface area contributed by atoms with Crippen LogP contribution < -0.4 is 4.74 Å². The van der Waals surface area contributed by atoms with E-state index in [0.717, 1.165) is 5.56 Å². The molecule has 1 nitrogen and oxygen atoms in total. The Kier molecular flexibility index (Phi) is 4.25. The van der Waals surface area contributed by atoms with Crippen LogP contribution in [0.1, 0.15) is 5.56 Å². The lowest BCUT2D eigenvalue weighted by Crippen LogP contribution is -2.04. The van der Waals surface area contributed by atoms with Crippen LogP contribution in [0.25, 0.3) is 0 Å². The van der Waals surface area contributed by atoms with Crippen LogP contribution >= 0.6 is 15.9 Å². The Morgan fingerprint density at radius 2 is 2.07 bits per heavy atom. The fourth-order valence-corrected chi connectivity index (χ4v) is 1.46. The van der Waals surface area contributed by atoms with E-state index in [1.165, 1.54) is 12.1 Å². The van der Waals surface area contributed by atoms with Crippen LogP contribution in [0.2, 0.25) is 0 Å². The van der Waals surface area contributed by atoms with Crippen LogP contribution in [-0.4, -0.2) is 11.9 Å². The number of rotatable bonds is 4. The van der Waals surface area contributed by atoms with Crippen LogP contribution in [0.4, 0.5) is 13.2 Å². The van der Waals surface area contributed by atoms with Gasteiger partial charge in [-0.1, -0.05) is 22.0 Å². The fraction of sp³-hybridized carbons (Fsp3) is 0.333. The largest absolute Gasteiger partial charge is 0.432 e. The zero-order valence-electron chi connectivity index (χ0n) is 7.14. The average Bonchev–Trinajstić information content (AvgIpc) is 2.10. The van der Waals surface area contributed by atoms with Crippen molar-refractivity contribution in [3.63, 3.8) is 0 Å². The molecule has 0 fully saturated rings. The lowest BCUT2D eigenvalue weighted by Gasteiger charge is -2.06. The summed E-state index contributed by atoms with van der Waals surface area (Å²) >= 11 is 3.20. The number of aryl methyl sites for hydroxylation is 1. The molecule has 0 spiro atoms. The summed E-state index contributed by atoms with van der Waals surface area (Å²) in [7, 11) is 0. The van der Waals surface area contributed by atoms with E-state index in [4.69, 9.17) is 0 Å². The zero-order valence-corrected chi connectivity index (χ0v) is 8.73. The lowest BCUT2D eigenvalue weighted by molar-refractivity contribution is -0.0522. The number of halogens is 4. The molecule has 0 bridgehead atoms. The molecule has 0 N–H and O–H groups in total. The number of ether oxygens (including phenoxy) is 1. The van der Waals surface area contributed by atoms with E-state index in [0.29, 0.717) is 11.8 Å². The highest BCUT2D eigenvalue weighted by molar-refractivity contribution is 9.09. The smallest absolute Gasteiger partial charge is 0.387 e. The molecule has 5 heteroatoms. The summed E-state index contributed by atoms with van der Waals surface area (Å²) in [6.07, 6.45) is 0.645.